The number of nitrogens with two attached hydrogens (primary N) is 2. The Morgan fingerprint density at radius 3 is 1.16 bits per heavy atom. The molecule has 0 saturated heterocycles. The summed E-state index contributed by atoms with van der Waals surface area (Å²) in [6, 6.07) is 9.94. The van der Waals surface area contributed by atoms with Gasteiger partial charge in [0.1, 0.15) is 57.6 Å². The first-order chi connectivity index (χ1) is 32.9. The van der Waals surface area contributed by atoms with Crippen molar-refractivity contribution in [1.29, 1.82) is 15.8 Å². The lowest BCUT2D eigenvalue weighted by Crippen LogP contribution is -2.24. The molecule has 74 heavy (non-hydrogen) atoms. The average Bonchev–Trinajstić information content (AvgIpc) is 3.92. The van der Waals surface area contributed by atoms with Crippen LogP contribution in [-0.4, -0.2) is 48.8 Å². The number of alkyl halides is 15. The van der Waals surface area contributed by atoms with E-state index in [1.54, 1.807) is 10.8 Å². The molecule has 0 aliphatic carbocycles. The summed E-state index contributed by atoms with van der Waals surface area (Å²) in [5, 5.41) is 34.2. The van der Waals surface area contributed by atoms with E-state index in [1.165, 1.54) is 18.2 Å². The smallest absolute Gasteiger partial charge is 0.384 e. The van der Waals surface area contributed by atoms with E-state index in [4.69, 9.17) is 96.9 Å². The molecule has 2 unspecified atom stereocenters. The van der Waals surface area contributed by atoms with Crippen molar-refractivity contribution in [2.24, 2.45) is 0 Å². The first-order valence-corrected chi connectivity index (χ1v) is 21.9. The third-order valence-corrected chi connectivity index (χ3v) is 11.9. The highest BCUT2D eigenvalue weighted by Gasteiger charge is 2.43. The first kappa shape index (κ1) is 65.0. The van der Waals surface area contributed by atoms with Gasteiger partial charge in [0.2, 0.25) is 11.0 Å². The van der Waals surface area contributed by atoms with Gasteiger partial charge in [0.25, 0.3) is 0 Å². The van der Waals surface area contributed by atoms with Crippen LogP contribution in [0, 0.1) is 34.0 Å². The standard InChI is InChI=1S/2C12H4Cl2F6N4OS.C11H5Cl2F3N4.CH4.HI/c13-7-1-5(11(15,16)17)2-8(14)10(7)24-9(3-6(4-21)22-24)23-26(25)12(18,19)20;13-5-1-4(11(15,16)17)2-6(14)8(5)24-10(22)9(7(3-21)23-24)26(25)12(18,19)20;12-7-1-5(11(14,15)16)2-8(13)10(7)20-9(18)3-6(4-17)19-20;;/h1-3,23H;1-2H,22H2;1-3H,18H2;1H4;1H. The maximum absolute atomic E-state index is 12.8. The normalized spacial score (nSPS) is 12.5. The predicted molar refractivity (Wildman–Crippen MR) is 251 cm³/mol. The van der Waals surface area contributed by atoms with Gasteiger partial charge in [-0.2, -0.15) is 96.9 Å². The van der Waals surface area contributed by atoms with E-state index in [9.17, 15) is 74.3 Å². The second kappa shape index (κ2) is 24.3. The minimum absolute atomic E-state index is 0. The Morgan fingerprint density at radius 1 is 0.514 bits per heavy atom. The van der Waals surface area contributed by atoms with Gasteiger partial charge in [-0.25, -0.2) is 22.5 Å². The molecule has 0 bridgehead atoms. The SMILES string of the molecule is C.I.N#Cc1cc(N)n(-c2c(Cl)cc(C(F)(F)F)cc2Cl)n1.N#Cc1cc(NS(=O)C(F)(F)F)n(-c2c(Cl)cc(C(F)(F)F)cc2Cl)n1.N#Cc1nn(-c2c(Cl)cc(C(F)(F)F)cc2Cl)c(N)c1S(=O)C(F)(F)F. The molecule has 0 amide bonds. The molecule has 6 aromatic rings. The van der Waals surface area contributed by atoms with Crippen LogP contribution in [0.2, 0.25) is 30.1 Å². The molecule has 0 aliphatic rings. The highest BCUT2D eigenvalue weighted by Crippen LogP contribution is 2.42. The largest absolute Gasteiger partial charge is 0.490 e. The molecule has 3 aromatic carbocycles. The van der Waals surface area contributed by atoms with Gasteiger partial charge in [0.05, 0.1) is 46.8 Å². The van der Waals surface area contributed by atoms with Gasteiger partial charge >= 0.3 is 29.5 Å². The van der Waals surface area contributed by atoms with Crippen LogP contribution in [0.1, 0.15) is 41.2 Å². The lowest BCUT2D eigenvalue weighted by atomic mass is 10.2. The fourth-order valence-corrected chi connectivity index (χ4v) is 8.38. The Kier molecular flexibility index (Phi) is 21.3. The molecule has 3 aromatic heterocycles. The molecule has 0 saturated carbocycles. The van der Waals surface area contributed by atoms with Crippen LogP contribution in [0.4, 0.5) is 83.3 Å². The summed E-state index contributed by atoms with van der Waals surface area (Å²) >= 11 is 34.7. The van der Waals surface area contributed by atoms with E-state index in [0.717, 1.165) is 22.9 Å². The van der Waals surface area contributed by atoms with Gasteiger partial charge < -0.3 is 11.5 Å². The maximum Gasteiger partial charge on any atom is 0.490 e. The summed E-state index contributed by atoms with van der Waals surface area (Å²) < 4.78 is 216. The van der Waals surface area contributed by atoms with Crippen molar-refractivity contribution in [3.05, 3.63) is 112 Å². The fraction of sp³-hybridized carbons (Fsp3) is 0.167. The molecule has 3 heterocycles. The van der Waals surface area contributed by atoms with Crippen molar-refractivity contribution in [2.75, 3.05) is 16.2 Å². The number of anilines is 3. The van der Waals surface area contributed by atoms with Crippen molar-refractivity contribution in [1.82, 2.24) is 29.3 Å². The van der Waals surface area contributed by atoms with Gasteiger partial charge in [-0.15, -0.1) is 24.0 Å². The van der Waals surface area contributed by atoms with Gasteiger partial charge in [0, 0.05) is 12.1 Å². The summed E-state index contributed by atoms with van der Waals surface area (Å²) in [4.78, 5) is -1.15. The van der Waals surface area contributed by atoms with Crippen LogP contribution in [-0.2, 0) is 40.3 Å². The predicted octanol–water partition coefficient (Wildman–Crippen LogP) is 13.9. The van der Waals surface area contributed by atoms with E-state index < -0.39 is 127 Å². The number of nitrogens with one attached hydrogen (secondary N) is 1. The molecule has 0 spiro atoms. The van der Waals surface area contributed by atoms with Crippen molar-refractivity contribution < 1.29 is 74.3 Å². The zero-order valence-corrected chi connectivity index (χ0v) is 42.3. The molecular formula is C36H18Cl6F15IN12O2S2. The molecule has 400 valence electrons. The summed E-state index contributed by atoms with van der Waals surface area (Å²) in [7, 11) is -7.28. The molecule has 0 radical (unpaired) electrons. The summed E-state index contributed by atoms with van der Waals surface area (Å²) in [5.74, 6) is -1.48. The summed E-state index contributed by atoms with van der Waals surface area (Å²) in [5.41, 5.74) is -4.99. The number of nitriles is 3. The molecule has 6 rings (SSSR count). The van der Waals surface area contributed by atoms with Crippen molar-refractivity contribution in [3.63, 3.8) is 0 Å². The van der Waals surface area contributed by atoms with Gasteiger partial charge in [-0.3, -0.25) is 4.72 Å². The minimum atomic E-state index is -5.25. The second-order valence-corrected chi connectivity index (χ2v) is 17.9. The molecule has 2 atom stereocenters. The van der Waals surface area contributed by atoms with Crippen LogP contribution in [0.15, 0.2) is 53.4 Å². The number of halogens is 22. The number of hydrogen-bond donors (Lipinski definition) is 3. The Labute approximate surface area is 455 Å². The number of rotatable bonds is 6. The second-order valence-electron chi connectivity index (χ2n) is 12.9. The quantitative estimate of drug-likeness (QED) is 0.106. The highest BCUT2D eigenvalue weighted by molar-refractivity contribution is 14.0. The van der Waals surface area contributed by atoms with E-state index >= 15 is 0 Å². The highest BCUT2D eigenvalue weighted by atomic mass is 127. The Balaban J connectivity index is 0.000000378. The lowest BCUT2D eigenvalue weighted by Gasteiger charge is -2.15. The van der Waals surface area contributed by atoms with E-state index in [-0.39, 0.29) is 58.6 Å². The summed E-state index contributed by atoms with van der Waals surface area (Å²) in [6.45, 7) is 0. The third kappa shape index (κ3) is 15.0. The Bertz CT molecular complexity index is 3200. The third-order valence-electron chi connectivity index (χ3n) is 8.13. The fourth-order valence-electron chi connectivity index (χ4n) is 5.21. The average molecular weight is 1340 g/mol. The van der Waals surface area contributed by atoms with Gasteiger partial charge in [0.15, 0.2) is 27.9 Å². The Morgan fingerprint density at radius 2 is 0.851 bits per heavy atom. The topological polar surface area (TPSA) is 223 Å². The summed E-state index contributed by atoms with van der Waals surface area (Å²) in [6.07, 6.45) is -14.1. The van der Waals surface area contributed by atoms with Crippen molar-refractivity contribution in [2.45, 2.75) is 41.9 Å². The van der Waals surface area contributed by atoms with Crippen LogP contribution in [0.5, 0.6) is 0 Å². The van der Waals surface area contributed by atoms with Crippen LogP contribution < -0.4 is 16.2 Å². The molecular weight excluding hydrogens is 1320 g/mol. The Hall–Kier alpha value is -5.12. The number of nitrogens with zero attached hydrogens (tertiary/aromatic N) is 9. The molecule has 0 aliphatic heterocycles. The minimum Gasteiger partial charge on any atom is -0.384 e. The molecule has 0 fully saturated rings. The number of aromatic nitrogens is 6. The van der Waals surface area contributed by atoms with Crippen molar-refractivity contribution in [3.8, 4) is 35.3 Å². The molecule has 5 N–H and O–H groups in total. The van der Waals surface area contributed by atoms with Crippen LogP contribution in [0.3, 0.4) is 0 Å². The zero-order valence-electron chi connectivity index (χ0n) is 33.8. The molecule has 38 heteroatoms. The monoisotopic (exact) mass is 1340 g/mol. The first-order valence-electron chi connectivity index (χ1n) is 17.3. The number of hydrogen-bond acceptors (Lipinski definition) is 10. The van der Waals surface area contributed by atoms with Crippen LogP contribution in [0.25, 0.3) is 17.1 Å². The van der Waals surface area contributed by atoms with Crippen LogP contribution >= 0.6 is 93.6 Å². The van der Waals surface area contributed by atoms with Gasteiger partial charge in [-0.05, 0) is 36.4 Å². The number of benzene rings is 3. The van der Waals surface area contributed by atoms with E-state index in [2.05, 4.69) is 15.3 Å². The zero-order chi connectivity index (χ0) is 55.0. The van der Waals surface area contributed by atoms with Crippen molar-refractivity contribution >= 4 is 133 Å². The number of nitrogen functional groups attached to an aromatic ring is 2. The van der Waals surface area contributed by atoms with Gasteiger partial charge in [-0.1, -0.05) is 77.0 Å². The molecule has 14 nitrogen and oxygen atoms in total. The van der Waals surface area contributed by atoms with E-state index in [1.807, 2.05) is 0 Å². The maximum atomic E-state index is 12.8. The lowest BCUT2D eigenvalue weighted by molar-refractivity contribution is -0.138. The van der Waals surface area contributed by atoms with E-state index in [0.29, 0.717) is 33.6 Å².